The summed E-state index contributed by atoms with van der Waals surface area (Å²) in [7, 11) is -1.16. The number of hydrogen-bond donors (Lipinski definition) is 2. The highest BCUT2D eigenvalue weighted by atomic mass is 28.3. The van der Waals surface area contributed by atoms with E-state index in [0.29, 0.717) is 19.0 Å². The standard InChI is InChI=1S/C19H27F3N4O2Si/c1-13-25-15(11-26(13)12-28-7-8-29(2,3)4)10-24-17-9-14(19(20,21)22)5-6-16(17)18(23)27/h5-6,9,11,24H,7-8,10,12H2,1-4H3,(H2,23,27). The number of nitrogens with zero attached hydrogens (tertiary/aromatic N) is 2. The molecule has 0 aliphatic rings. The van der Waals surface area contributed by atoms with Gasteiger partial charge in [-0.15, -0.1) is 0 Å². The van der Waals surface area contributed by atoms with Crippen molar-refractivity contribution in [1.29, 1.82) is 0 Å². The second kappa shape index (κ2) is 9.00. The number of anilines is 1. The lowest BCUT2D eigenvalue weighted by Gasteiger charge is -2.15. The minimum Gasteiger partial charge on any atom is -0.379 e. The number of benzene rings is 1. The molecule has 0 unspecified atom stereocenters. The van der Waals surface area contributed by atoms with Gasteiger partial charge in [-0.1, -0.05) is 19.6 Å². The second-order valence-corrected chi connectivity index (χ2v) is 13.7. The van der Waals surface area contributed by atoms with E-state index in [9.17, 15) is 18.0 Å². The summed E-state index contributed by atoms with van der Waals surface area (Å²) in [6.07, 6.45) is -2.74. The molecule has 0 aliphatic heterocycles. The van der Waals surface area contributed by atoms with Crippen LogP contribution >= 0.6 is 0 Å². The van der Waals surface area contributed by atoms with Crippen LogP contribution in [0.25, 0.3) is 0 Å². The predicted molar refractivity (Wildman–Crippen MR) is 108 cm³/mol. The molecule has 1 heterocycles. The summed E-state index contributed by atoms with van der Waals surface area (Å²) >= 11 is 0. The van der Waals surface area contributed by atoms with E-state index in [4.69, 9.17) is 10.5 Å². The maximum absolute atomic E-state index is 13.0. The molecule has 0 radical (unpaired) electrons. The molecule has 0 spiro atoms. The number of primary amides is 1. The molecule has 10 heteroatoms. The number of imidazole rings is 1. The third-order valence-electron chi connectivity index (χ3n) is 4.33. The third kappa shape index (κ3) is 6.89. The van der Waals surface area contributed by atoms with E-state index in [-0.39, 0.29) is 17.8 Å². The Morgan fingerprint density at radius 1 is 1.31 bits per heavy atom. The van der Waals surface area contributed by atoms with Gasteiger partial charge in [0.1, 0.15) is 12.6 Å². The van der Waals surface area contributed by atoms with Crippen LogP contribution in [0, 0.1) is 6.92 Å². The Hall–Kier alpha value is -2.33. The van der Waals surface area contributed by atoms with Crippen molar-refractivity contribution in [3.63, 3.8) is 0 Å². The minimum absolute atomic E-state index is 0.0103. The molecular formula is C19H27F3N4O2Si. The largest absolute Gasteiger partial charge is 0.416 e. The summed E-state index contributed by atoms with van der Waals surface area (Å²) in [5, 5.41) is 2.84. The van der Waals surface area contributed by atoms with Crippen LogP contribution < -0.4 is 11.1 Å². The fourth-order valence-corrected chi connectivity index (χ4v) is 3.36. The Morgan fingerprint density at radius 3 is 2.59 bits per heavy atom. The van der Waals surface area contributed by atoms with Crippen LogP contribution in [0.15, 0.2) is 24.4 Å². The monoisotopic (exact) mass is 428 g/mol. The normalized spacial score (nSPS) is 12.2. The number of hydrogen-bond acceptors (Lipinski definition) is 4. The van der Waals surface area contributed by atoms with Crippen molar-refractivity contribution in [2.24, 2.45) is 5.73 Å². The summed E-state index contributed by atoms with van der Waals surface area (Å²) in [6.45, 7) is 9.82. The van der Waals surface area contributed by atoms with Gasteiger partial charge >= 0.3 is 6.18 Å². The third-order valence-corrected chi connectivity index (χ3v) is 6.03. The zero-order valence-electron chi connectivity index (χ0n) is 17.1. The number of carbonyl (C=O) groups excluding carboxylic acids is 1. The van der Waals surface area contributed by atoms with Crippen LogP contribution in [-0.2, 0) is 24.2 Å². The number of carbonyl (C=O) groups is 1. The van der Waals surface area contributed by atoms with E-state index >= 15 is 0 Å². The van der Waals surface area contributed by atoms with Crippen LogP contribution in [0.3, 0.4) is 0 Å². The highest BCUT2D eigenvalue weighted by molar-refractivity contribution is 6.76. The van der Waals surface area contributed by atoms with Crippen LogP contribution in [0.1, 0.15) is 27.4 Å². The number of nitrogens with one attached hydrogen (secondary N) is 1. The molecule has 0 atom stereocenters. The Bertz CT molecular complexity index is 860. The Balaban J connectivity index is 2.05. The molecule has 6 nitrogen and oxygen atoms in total. The summed E-state index contributed by atoms with van der Waals surface area (Å²) in [6, 6.07) is 3.84. The fraction of sp³-hybridized carbons (Fsp3) is 0.474. The fourth-order valence-electron chi connectivity index (χ4n) is 2.60. The van der Waals surface area contributed by atoms with Crippen molar-refractivity contribution < 1.29 is 22.7 Å². The quantitative estimate of drug-likeness (QED) is 0.462. The number of amides is 1. The maximum atomic E-state index is 13.0. The van der Waals surface area contributed by atoms with Gasteiger partial charge < -0.3 is 20.4 Å². The Kier molecular flexibility index (Phi) is 7.12. The number of ether oxygens (including phenoxy) is 1. The maximum Gasteiger partial charge on any atom is 0.416 e. The van der Waals surface area contributed by atoms with E-state index in [1.54, 1.807) is 6.20 Å². The molecule has 1 amide bonds. The molecule has 0 aliphatic carbocycles. The lowest BCUT2D eigenvalue weighted by Crippen LogP contribution is -2.22. The van der Waals surface area contributed by atoms with Crippen LogP contribution in [-0.4, -0.2) is 30.1 Å². The minimum atomic E-state index is -4.52. The summed E-state index contributed by atoms with van der Waals surface area (Å²) < 4.78 is 46.5. The van der Waals surface area contributed by atoms with Crippen LogP contribution in [0.2, 0.25) is 25.7 Å². The van der Waals surface area contributed by atoms with E-state index < -0.39 is 25.7 Å². The zero-order valence-corrected chi connectivity index (χ0v) is 18.1. The van der Waals surface area contributed by atoms with Gasteiger partial charge in [-0.2, -0.15) is 13.2 Å². The average molecular weight is 429 g/mol. The number of halogens is 3. The van der Waals surface area contributed by atoms with Gasteiger partial charge in [-0.25, -0.2) is 4.98 Å². The van der Waals surface area contributed by atoms with Gasteiger partial charge in [0.25, 0.3) is 5.91 Å². The van der Waals surface area contributed by atoms with Crippen LogP contribution in [0.4, 0.5) is 18.9 Å². The number of aromatic nitrogens is 2. The van der Waals surface area contributed by atoms with Crippen molar-refractivity contribution in [3.05, 3.63) is 47.0 Å². The highest BCUT2D eigenvalue weighted by Crippen LogP contribution is 2.32. The number of aryl methyl sites for hydroxylation is 1. The Morgan fingerprint density at radius 2 is 2.00 bits per heavy atom. The van der Waals surface area contributed by atoms with Crippen LogP contribution in [0.5, 0.6) is 0 Å². The molecule has 0 saturated heterocycles. The SMILES string of the molecule is Cc1nc(CNc2cc(C(F)(F)F)ccc2C(N)=O)cn1COCC[Si](C)(C)C. The van der Waals surface area contributed by atoms with Crippen molar-refractivity contribution in [3.8, 4) is 0 Å². The lowest BCUT2D eigenvalue weighted by molar-refractivity contribution is -0.137. The average Bonchev–Trinajstić information content (AvgIpc) is 2.94. The smallest absolute Gasteiger partial charge is 0.379 e. The second-order valence-electron chi connectivity index (χ2n) is 8.07. The summed E-state index contributed by atoms with van der Waals surface area (Å²) in [5.74, 6) is -0.0762. The van der Waals surface area contributed by atoms with Crippen molar-refractivity contribution in [1.82, 2.24) is 9.55 Å². The first kappa shape index (κ1) is 23.0. The lowest BCUT2D eigenvalue weighted by atomic mass is 10.1. The summed E-state index contributed by atoms with van der Waals surface area (Å²) in [4.78, 5) is 15.9. The first-order valence-corrected chi connectivity index (χ1v) is 12.9. The molecule has 2 rings (SSSR count). The van der Waals surface area contributed by atoms with Crippen molar-refractivity contribution in [2.45, 2.75) is 52.1 Å². The molecule has 0 fully saturated rings. The topological polar surface area (TPSA) is 82.2 Å². The molecular weight excluding hydrogens is 401 g/mol. The molecule has 1 aromatic heterocycles. The van der Waals surface area contributed by atoms with Gasteiger partial charge in [-0.3, -0.25) is 4.79 Å². The van der Waals surface area contributed by atoms with E-state index in [0.717, 1.165) is 30.1 Å². The van der Waals surface area contributed by atoms with Crippen molar-refractivity contribution >= 4 is 19.7 Å². The molecule has 0 bridgehead atoms. The first-order chi connectivity index (χ1) is 13.4. The van der Waals surface area contributed by atoms with Gasteiger partial charge in [0.2, 0.25) is 0 Å². The zero-order chi connectivity index (χ0) is 21.8. The molecule has 1 aromatic carbocycles. The molecule has 0 saturated carbocycles. The van der Waals surface area contributed by atoms with Crippen molar-refractivity contribution in [2.75, 3.05) is 11.9 Å². The number of nitrogens with two attached hydrogens (primary N) is 1. The van der Waals surface area contributed by atoms with Gasteiger partial charge in [0.05, 0.1) is 23.4 Å². The molecule has 2 aromatic rings. The molecule has 29 heavy (non-hydrogen) atoms. The van der Waals surface area contributed by atoms with E-state index in [1.807, 2.05) is 11.5 Å². The number of alkyl halides is 3. The van der Waals surface area contributed by atoms with E-state index in [2.05, 4.69) is 29.9 Å². The molecule has 3 N–H and O–H groups in total. The predicted octanol–water partition coefficient (Wildman–Crippen LogP) is 4.23. The van der Waals surface area contributed by atoms with E-state index in [1.165, 1.54) is 0 Å². The first-order valence-electron chi connectivity index (χ1n) is 9.22. The molecule has 160 valence electrons. The number of rotatable bonds is 9. The van der Waals surface area contributed by atoms with Gasteiger partial charge in [0, 0.05) is 26.6 Å². The Labute approximate surface area is 169 Å². The van der Waals surface area contributed by atoms with Gasteiger partial charge in [-0.05, 0) is 31.2 Å². The highest BCUT2D eigenvalue weighted by Gasteiger charge is 2.31. The summed E-state index contributed by atoms with van der Waals surface area (Å²) in [5.41, 5.74) is 5.04. The van der Waals surface area contributed by atoms with Gasteiger partial charge in [0.15, 0.2) is 0 Å².